The van der Waals surface area contributed by atoms with Crippen LogP contribution in [0.25, 0.3) is 16.7 Å². The van der Waals surface area contributed by atoms with E-state index in [1.54, 1.807) is 11.9 Å². The van der Waals surface area contributed by atoms with Crippen molar-refractivity contribution in [2.24, 2.45) is 0 Å². The summed E-state index contributed by atoms with van der Waals surface area (Å²) in [6.45, 7) is 2.01. The Kier molecular flexibility index (Phi) is 2.48. The van der Waals surface area contributed by atoms with Gasteiger partial charge in [0.1, 0.15) is 22.5 Å². The fraction of sp³-hybridized carbons (Fsp3) is 0.143. The van der Waals surface area contributed by atoms with Crippen molar-refractivity contribution in [1.29, 1.82) is 0 Å². The molecular weight excluding hydrogens is 226 g/mol. The molecule has 90 valence electrons. The number of ether oxygens (including phenoxy) is 1. The van der Waals surface area contributed by atoms with E-state index in [0.717, 1.165) is 28.0 Å². The maximum atomic E-state index is 5.43. The highest BCUT2D eigenvalue weighted by molar-refractivity contribution is 5.73. The molecule has 0 fully saturated rings. The van der Waals surface area contributed by atoms with E-state index in [2.05, 4.69) is 10.2 Å². The zero-order valence-electron chi connectivity index (χ0n) is 10.3. The van der Waals surface area contributed by atoms with Crippen LogP contribution in [0.4, 0.5) is 0 Å². The van der Waals surface area contributed by atoms with Crippen molar-refractivity contribution in [2.75, 3.05) is 7.11 Å². The van der Waals surface area contributed by atoms with Crippen LogP contribution in [-0.4, -0.2) is 22.1 Å². The molecule has 0 radical (unpaired) electrons. The van der Waals surface area contributed by atoms with Gasteiger partial charge < -0.3 is 4.74 Å². The molecule has 1 aromatic heterocycles. The number of benzene rings is 2. The topological polar surface area (TPSA) is 39.9 Å². The van der Waals surface area contributed by atoms with E-state index in [1.165, 1.54) is 0 Å². The number of para-hydroxylation sites is 1. The predicted octanol–water partition coefficient (Wildman–Crippen LogP) is 2.74. The molecule has 3 aromatic rings. The van der Waals surface area contributed by atoms with Crippen molar-refractivity contribution in [2.45, 2.75) is 6.92 Å². The van der Waals surface area contributed by atoms with Crippen molar-refractivity contribution in [3.05, 3.63) is 48.0 Å². The Morgan fingerprint density at radius 2 is 1.61 bits per heavy atom. The second-order valence-corrected chi connectivity index (χ2v) is 4.11. The lowest BCUT2D eigenvalue weighted by atomic mass is 10.2. The highest BCUT2D eigenvalue weighted by atomic mass is 16.5. The molecule has 0 aliphatic carbocycles. The Hall–Kier alpha value is -2.36. The van der Waals surface area contributed by atoms with Crippen LogP contribution in [0, 0.1) is 6.92 Å². The third-order valence-corrected chi connectivity index (χ3v) is 2.90. The lowest BCUT2D eigenvalue weighted by molar-refractivity contribution is 0.407. The molecule has 1 heterocycles. The van der Waals surface area contributed by atoms with Gasteiger partial charge in [-0.05, 0) is 30.7 Å². The van der Waals surface area contributed by atoms with Gasteiger partial charge in [0.25, 0.3) is 0 Å². The molecule has 0 amide bonds. The number of nitrogens with zero attached hydrogens (tertiary/aromatic N) is 3. The van der Waals surface area contributed by atoms with E-state index in [0.29, 0.717) is 0 Å². The van der Waals surface area contributed by atoms with E-state index in [9.17, 15) is 0 Å². The van der Waals surface area contributed by atoms with E-state index < -0.39 is 0 Å². The van der Waals surface area contributed by atoms with Crippen molar-refractivity contribution in [3.8, 4) is 11.4 Å². The third kappa shape index (κ3) is 1.62. The molecule has 0 spiro atoms. The largest absolute Gasteiger partial charge is 0.494 e. The Labute approximate surface area is 105 Å². The van der Waals surface area contributed by atoms with E-state index >= 15 is 0 Å². The number of rotatable bonds is 2. The van der Waals surface area contributed by atoms with Gasteiger partial charge in [-0.15, -0.1) is 15.0 Å². The summed E-state index contributed by atoms with van der Waals surface area (Å²) >= 11 is 0. The lowest BCUT2D eigenvalue weighted by Crippen LogP contribution is -2.02. The number of hydrogen-bond donors (Lipinski definition) is 0. The molecule has 0 unspecified atom stereocenters. The van der Waals surface area contributed by atoms with Gasteiger partial charge in [-0.2, -0.15) is 0 Å². The van der Waals surface area contributed by atoms with Gasteiger partial charge in [-0.25, -0.2) is 0 Å². The summed E-state index contributed by atoms with van der Waals surface area (Å²) in [7, 11) is 1.66. The summed E-state index contributed by atoms with van der Waals surface area (Å²) < 4.78 is 5.43. The van der Waals surface area contributed by atoms with E-state index in [1.807, 2.05) is 49.4 Å². The lowest BCUT2D eigenvalue weighted by Gasteiger charge is -2.09. The summed E-state index contributed by atoms with van der Waals surface area (Å²) in [6, 6.07) is 13.7. The minimum atomic E-state index is 0.804. The molecule has 0 aliphatic heterocycles. The third-order valence-electron chi connectivity index (χ3n) is 2.90. The zero-order chi connectivity index (χ0) is 12.5. The van der Waals surface area contributed by atoms with Gasteiger partial charge in [0.05, 0.1) is 7.11 Å². The molecule has 0 N–H and O–H groups in total. The summed E-state index contributed by atoms with van der Waals surface area (Å²) in [6.07, 6.45) is 0. The fourth-order valence-corrected chi connectivity index (χ4v) is 2.03. The van der Waals surface area contributed by atoms with Gasteiger partial charge in [0.15, 0.2) is 0 Å². The standard InChI is InChI=1S/C14H13N3O/c1-10-6-5-9-13(14(10)18-2)17-15-11-7-3-4-8-12(11)16-17/h3-9H,1-2H3. The molecule has 4 heteroatoms. The monoisotopic (exact) mass is 239 g/mol. The molecule has 0 atom stereocenters. The van der Waals surface area contributed by atoms with Gasteiger partial charge >= 0.3 is 0 Å². The van der Waals surface area contributed by atoms with Crippen LogP contribution in [-0.2, 0) is 0 Å². The quantitative estimate of drug-likeness (QED) is 0.690. The van der Waals surface area contributed by atoms with Crippen LogP contribution in [0.15, 0.2) is 42.5 Å². The van der Waals surface area contributed by atoms with Crippen molar-refractivity contribution >= 4 is 11.0 Å². The average molecular weight is 239 g/mol. The first-order chi connectivity index (χ1) is 8.79. The first-order valence-electron chi connectivity index (χ1n) is 5.75. The first-order valence-corrected chi connectivity index (χ1v) is 5.75. The average Bonchev–Trinajstić information content (AvgIpc) is 2.82. The van der Waals surface area contributed by atoms with Crippen LogP contribution in [0.3, 0.4) is 0 Å². The van der Waals surface area contributed by atoms with Crippen LogP contribution < -0.4 is 4.74 Å². The summed E-state index contributed by atoms with van der Waals surface area (Å²) in [5, 5.41) is 8.92. The smallest absolute Gasteiger partial charge is 0.149 e. The number of fused-ring (bicyclic) bond motifs is 1. The first kappa shape index (κ1) is 10.8. The van der Waals surface area contributed by atoms with Gasteiger partial charge in [0.2, 0.25) is 0 Å². The van der Waals surface area contributed by atoms with Crippen LogP contribution in [0.2, 0.25) is 0 Å². The van der Waals surface area contributed by atoms with Gasteiger partial charge in [-0.3, -0.25) is 0 Å². The van der Waals surface area contributed by atoms with Crippen LogP contribution in [0.1, 0.15) is 5.56 Å². The minimum absolute atomic E-state index is 0.804. The Morgan fingerprint density at radius 3 is 2.22 bits per heavy atom. The molecule has 18 heavy (non-hydrogen) atoms. The zero-order valence-corrected chi connectivity index (χ0v) is 10.3. The number of aryl methyl sites for hydroxylation is 1. The highest BCUT2D eigenvalue weighted by Crippen LogP contribution is 2.26. The molecule has 2 aromatic carbocycles. The van der Waals surface area contributed by atoms with Crippen LogP contribution in [0.5, 0.6) is 5.75 Å². The number of aromatic nitrogens is 3. The molecular formula is C14H13N3O. The Morgan fingerprint density at radius 1 is 0.944 bits per heavy atom. The van der Waals surface area contributed by atoms with Crippen molar-refractivity contribution < 1.29 is 4.74 Å². The summed E-state index contributed by atoms with van der Waals surface area (Å²) in [5.74, 6) is 0.804. The molecule has 0 aliphatic rings. The summed E-state index contributed by atoms with van der Waals surface area (Å²) in [4.78, 5) is 1.62. The molecule has 3 rings (SSSR count). The normalized spacial score (nSPS) is 10.8. The highest BCUT2D eigenvalue weighted by Gasteiger charge is 2.10. The predicted molar refractivity (Wildman–Crippen MR) is 70.2 cm³/mol. The van der Waals surface area contributed by atoms with Crippen LogP contribution >= 0.6 is 0 Å². The van der Waals surface area contributed by atoms with Crippen molar-refractivity contribution in [3.63, 3.8) is 0 Å². The van der Waals surface area contributed by atoms with Crippen molar-refractivity contribution in [1.82, 2.24) is 15.0 Å². The number of methoxy groups -OCH3 is 1. The Bertz CT molecular complexity index is 670. The van der Waals surface area contributed by atoms with Gasteiger partial charge in [-0.1, -0.05) is 24.3 Å². The SMILES string of the molecule is COc1c(C)cccc1-n1nc2ccccc2n1. The second kappa shape index (κ2) is 4.14. The fourth-order valence-electron chi connectivity index (χ4n) is 2.03. The maximum absolute atomic E-state index is 5.43. The number of hydrogen-bond acceptors (Lipinski definition) is 3. The molecule has 0 saturated heterocycles. The molecule has 0 saturated carbocycles. The second-order valence-electron chi connectivity index (χ2n) is 4.11. The maximum Gasteiger partial charge on any atom is 0.149 e. The molecule has 0 bridgehead atoms. The van der Waals surface area contributed by atoms with E-state index in [4.69, 9.17) is 4.74 Å². The minimum Gasteiger partial charge on any atom is -0.494 e. The molecule has 4 nitrogen and oxygen atoms in total. The van der Waals surface area contributed by atoms with Gasteiger partial charge in [0, 0.05) is 0 Å². The summed E-state index contributed by atoms with van der Waals surface area (Å²) in [5.41, 5.74) is 3.67. The Balaban J connectivity index is 2.23. The van der Waals surface area contributed by atoms with E-state index in [-0.39, 0.29) is 0 Å².